The van der Waals surface area contributed by atoms with Gasteiger partial charge in [-0.05, 0) is 19.8 Å². The molecule has 88 valence electrons. The molecule has 0 spiro atoms. The predicted octanol–water partition coefficient (Wildman–Crippen LogP) is 1.62. The highest BCUT2D eigenvalue weighted by atomic mass is 16.6. The van der Waals surface area contributed by atoms with E-state index in [1.165, 1.54) is 0 Å². The van der Waals surface area contributed by atoms with E-state index in [-0.39, 0.29) is 18.4 Å². The molecule has 5 heteroatoms. The first-order chi connectivity index (χ1) is 6.82. The van der Waals surface area contributed by atoms with Crippen LogP contribution in [0.1, 0.15) is 34.1 Å². The number of hydrogen-bond donors (Lipinski definition) is 2. The van der Waals surface area contributed by atoms with Crippen molar-refractivity contribution in [2.45, 2.75) is 46.3 Å². The maximum Gasteiger partial charge on any atom is 0.407 e. The second kappa shape index (κ2) is 6.27. The zero-order valence-electron chi connectivity index (χ0n) is 9.61. The van der Waals surface area contributed by atoms with Gasteiger partial charge in [0.25, 0.3) is 0 Å². The summed E-state index contributed by atoms with van der Waals surface area (Å²) in [6.07, 6.45) is -0.863. The first-order valence-corrected chi connectivity index (χ1v) is 5.01. The van der Waals surface area contributed by atoms with E-state index in [1.54, 1.807) is 13.8 Å². The standard InChI is InChI=1S/C10H19NO4/c1-6(2)8(5-9(12)13)11-10(14)15-7(3)4/h6-8H,5H2,1-4H3,(H,11,14)(H,12,13). The molecule has 2 N–H and O–H groups in total. The van der Waals surface area contributed by atoms with Gasteiger partial charge in [-0.3, -0.25) is 4.79 Å². The summed E-state index contributed by atoms with van der Waals surface area (Å²) in [5.41, 5.74) is 0. The highest BCUT2D eigenvalue weighted by Crippen LogP contribution is 2.06. The van der Waals surface area contributed by atoms with Gasteiger partial charge in [-0.15, -0.1) is 0 Å². The number of alkyl carbamates (subject to hydrolysis) is 1. The summed E-state index contributed by atoms with van der Waals surface area (Å²) in [5.74, 6) is -0.876. The van der Waals surface area contributed by atoms with Gasteiger partial charge in [0.1, 0.15) is 0 Å². The number of aliphatic carboxylic acids is 1. The zero-order valence-corrected chi connectivity index (χ0v) is 9.61. The van der Waals surface area contributed by atoms with Gasteiger partial charge in [-0.2, -0.15) is 0 Å². The molecule has 0 bridgehead atoms. The second-order valence-electron chi connectivity index (χ2n) is 4.05. The molecule has 0 radical (unpaired) electrons. The Balaban J connectivity index is 4.16. The average Bonchev–Trinajstić information content (AvgIpc) is 1.99. The van der Waals surface area contributed by atoms with Gasteiger partial charge < -0.3 is 15.2 Å². The molecule has 0 heterocycles. The number of nitrogens with one attached hydrogen (secondary N) is 1. The largest absolute Gasteiger partial charge is 0.481 e. The highest BCUT2D eigenvalue weighted by Gasteiger charge is 2.20. The van der Waals surface area contributed by atoms with Crippen LogP contribution in [0.2, 0.25) is 0 Å². The van der Waals surface area contributed by atoms with Crippen LogP contribution in [-0.4, -0.2) is 29.3 Å². The van der Waals surface area contributed by atoms with Crippen LogP contribution < -0.4 is 5.32 Å². The van der Waals surface area contributed by atoms with Crippen molar-refractivity contribution in [3.63, 3.8) is 0 Å². The smallest absolute Gasteiger partial charge is 0.407 e. The number of ether oxygens (including phenoxy) is 1. The number of carboxylic acids is 1. The Kier molecular flexibility index (Phi) is 5.74. The molecule has 0 aliphatic heterocycles. The lowest BCUT2D eigenvalue weighted by Crippen LogP contribution is -2.41. The molecule has 5 nitrogen and oxygen atoms in total. The molecule has 1 unspecified atom stereocenters. The summed E-state index contributed by atoms with van der Waals surface area (Å²) in [7, 11) is 0. The van der Waals surface area contributed by atoms with Gasteiger partial charge in [0.2, 0.25) is 0 Å². The minimum atomic E-state index is -0.932. The van der Waals surface area contributed by atoms with E-state index in [1.807, 2.05) is 13.8 Å². The van der Waals surface area contributed by atoms with E-state index >= 15 is 0 Å². The fourth-order valence-corrected chi connectivity index (χ4v) is 1.04. The predicted molar refractivity (Wildman–Crippen MR) is 55.6 cm³/mol. The van der Waals surface area contributed by atoms with Crippen molar-refractivity contribution in [3.05, 3.63) is 0 Å². The number of carbonyl (C=O) groups is 2. The lowest BCUT2D eigenvalue weighted by Gasteiger charge is -2.20. The fraction of sp³-hybridized carbons (Fsp3) is 0.800. The van der Waals surface area contributed by atoms with Gasteiger partial charge in [-0.1, -0.05) is 13.8 Å². The van der Waals surface area contributed by atoms with E-state index in [4.69, 9.17) is 9.84 Å². The second-order valence-corrected chi connectivity index (χ2v) is 4.05. The van der Waals surface area contributed by atoms with Gasteiger partial charge in [0.15, 0.2) is 0 Å². The lowest BCUT2D eigenvalue weighted by molar-refractivity contribution is -0.137. The van der Waals surface area contributed by atoms with Gasteiger partial charge >= 0.3 is 12.1 Å². The maximum atomic E-state index is 11.2. The summed E-state index contributed by atoms with van der Waals surface area (Å²) in [4.78, 5) is 21.7. The molecule has 0 rings (SSSR count). The van der Waals surface area contributed by atoms with Crippen LogP contribution in [0.15, 0.2) is 0 Å². The molecule has 1 amide bonds. The Morgan fingerprint density at radius 1 is 1.27 bits per heavy atom. The molecule has 0 saturated heterocycles. The van der Waals surface area contributed by atoms with Crippen molar-refractivity contribution in [1.29, 1.82) is 0 Å². The van der Waals surface area contributed by atoms with Crippen LogP contribution in [0.4, 0.5) is 4.79 Å². The number of carboxylic acid groups (broad SMARTS) is 1. The van der Waals surface area contributed by atoms with Crippen LogP contribution in [0, 0.1) is 5.92 Å². The lowest BCUT2D eigenvalue weighted by atomic mass is 10.0. The molecule has 0 aromatic carbocycles. The molecule has 0 aliphatic carbocycles. The molecular formula is C10H19NO4. The third-order valence-electron chi connectivity index (χ3n) is 1.85. The topological polar surface area (TPSA) is 75.6 Å². The fourth-order valence-electron chi connectivity index (χ4n) is 1.04. The van der Waals surface area contributed by atoms with Gasteiger partial charge in [0, 0.05) is 6.04 Å². The third-order valence-corrected chi connectivity index (χ3v) is 1.85. The molecular weight excluding hydrogens is 198 g/mol. The van der Waals surface area contributed by atoms with Crippen molar-refractivity contribution in [1.82, 2.24) is 5.32 Å². The number of rotatable bonds is 5. The quantitative estimate of drug-likeness (QED) is 0.733. The highest BCUT2D eigenvalue weighted by molar-refractivity contribution is 5.71. The summed E-state index contributed by atoms with van der Waals surface area (Å²) >= 11 is 0. The van der Waals surface area contributed by atoms with Crippen molar-refractivity contribution in [3.8, 4) is 0 Å². The Bertz CT molecular complexity index is 225. The number of hydrogen-bond acceptors (Lipinski definition) is 3. The molecule has 0 fully saturated rings. The SMILES string of the molecule is CC(C)OC(=O)NC(CC(=O)O)C(C)C. The Morgan fingerprint density at radius 3 is 2.13 bits per heavy atom. The van der Waals surface area contributed by atoms with Crippen molar-refractivity contribution in [2.75, 3.05) is 0 Å². The van der Waals surface area contributed by atoms with Gasteiger partial charge in [0.05, 0.1) is 12.5 Å². The van der Waals surface area contributed by atoms with Crippen LogP contribution in [0.3, 0.4) is 0 Å². The van der Waals surface area contributed by atoms with Crippen molar-refractivity contribution in [2.24, 2.45) is 5.92 Å². The van der Waals surface area contributed by atoms with E-state index in [0.29, 0.717) is 0 Å². The van der Waals surface area contributed by atoms with E-state index in [0.717, 1.165) is 0 Å². The normalized spacial score (nSPS) is 12.7. The first kappa shape index (κ1) is 13.7. The van der Waals surface area contributed by atoms with Crippen LogP contribution in [0.25, 0.3) is 0 Å². The number of carbonyl (C=O) groups excluding carboxylic acids is 1. The summed E-state index contributed by atoms with van der Waals surface area (Å²) in [5, 5.41) is 11.2. The molecule has 0 saturated carbocycles. The van der Waals surface area contributed by atoms with E-state index < -0.39 is 18.1 Å². The molecule has 0 aromatic heterocycles. The van der Waals surface area contributed by atoms with Crippen LogP contribution in [0.5, 0.6) is 0 Å². The zero-order chi connectivity index (χ0) is 12.0. The Hall–Kier alpha value is -1.26. The van der Waals surface area contributed by atoms with Crippen molar-refractivity contribution >= 4 is 12.1 Å². The Labute approximate surface area is 89.8 Å². The maximum absolute atomic E-state index is 11.2. The van der Waals surface area contributed by atoms with E-state index in [2.05, 4.69) is 5.32 Å². The van der Waals surface area contributed by atoms with Crippen molar-refractivity contribution < 1.29 is 19.4 Å². The monoisotopic (exact) mass is 217 g/mol. The van der Waals surface area contributed by atoms with Gasteiger partial charge in [-0.25, -0.2) is 4.79 Å². The minimum Gasteiger partial charge on any atom is -0.481 e. The molecule has 0 aliphatic rings. The van der Waals surface area contributed by atoms with Crippen LogP contribution in [-0.2, 0) is 9.53 Å². The summed E-state index contributed by atoms with van der Waals surface area (Å²) in [6.45, 7) is 7.18. The molecule has 15 heavy (non-hydrogen) atoms. The molecule has 1 atom stereocenters. The summed E-state index contributed by atoms with van der Waals surface area (Å²) in [6, 6.07) is -0.395. The average molecular weight is 217 g/mol. The van der Waals surface area contributed by atoms with Crippen LogP contribution >= 0.6 is 0 Å². The third kappa shape index (κ3) is 6.76. The minimum absolute atomic E-state index is 0.0563. The Morgan fingerprint density at radius 2 is 1.80 bits per heavy atom. The first-order valence-electron chi connectivity index (χ1n) is 5.01. The molecule has 0 aromatic rings. The number of amides is 1. The summed E-state index contributed by atoms with van der Waals surface area (Å²) < 4.78 is 4.87. The van der Waals surface area contributed by atoms with E-state index in [9.17, 15) is 9.59 Å².